The van der Waals surface area contributed by atoms with Crippen molar-refractivity contribution >= 4 is 5.91 Å². The minimum Gasteiger partial charge on any atom is -0.383 e. The highest BCUT2D eigenvalue weighted by molar-refractivity contribution is 5.82. The number of likely N-dealkylation sites (tertiary alicyclic amines) is 1. The Morgan fingerprint density at radius 2 is 1.81 bits per heavy atom. The van der Waals surface area contributed by atoms with E-state index < -0.39 is 11.7 Å². The first-order valence-electron chi connectivity index (χ1n) is 10.3. The highest BCUT2D eigenvalue weighted by Crippen LogP contribution is 2.29. The molecule has 2 atom stereocenters. The summed E-state index contributed by atoms with van der Waals surface area (Å²) in [7, 11) is 1.59. The van der Waals surface area contributed by atoms with Crippen LogP contribution in [0.3, 0.4) is 0 Å². The van der Waals surface area contributed by atoms with E-state index in [0.29, 0.717) is 39.2 Å². The maximum Gasteiger partial charge on any atom is 0.416 e. The van der Waals surface area contributed by atoms with E-state index in [1.807, 2.05) is 30.3 Å². The molecule has 0 aromatic heterocycles. The molecule has 8 heteroatoms. The van der Waals surface area contributed by atoms with Crippen LogP contribution in [0, 0.1) is 0 Å². The Morgan fingerprint density at radius 1 is 1.10 bits per heavy atom. The van der Waals surface area contributed by atoms with Gasteiger partial charge in [-0.05, 0) is 29.7 Å². The molecule has 0 bridgehead atoms. The summed E-state index contributed by atoms with van der Waals surface area (Å²) >= 11 is 0. The fourth-order valence-corrected chi connectivity index (χ4v) is 3.78. The number of carbonyl (C=O) groups excluding carboxylic acids is 1. The number of hydrogen-bond acceptors (Lipinski definition) is 4. The van der Waals surface area contributed by atoms with Crippen LogP contribution in [-0.4, -0.2) is 49.7 Å². The van der Waals surface area contributed by atoms with Gasteiger partial charge < -0.3 is 15.4 Å². The molecule has 0 spiro atoms. The molecule has 1 aliphatic rings. The van der Waals surface area contributed by atoms with Gasteiger partial charge in [-0.25, -0.2) is 0 Å². The number of nitrogens with zero attached hydrogens (tertiary/aromatic N) is 1. The zero-order valence-electron chi connectivity index (χ0n) is 17.5. The molecule has 0 radical (unpaired) electrons. The van der Waals surface area contributed by atoms with E-state index in [2.05, 4.69) is 15.5 Å². The molecular weight excluding hydrogens is 407 g/mol. The largest absolute Gasteiger partial charge is 0.416 e. The molecule has 1 amide bonds. The average molecular weight is 435 g/mol. The second-order valence-corrected chi connectivity index (χ2v) is 7.72. The summed E-state index contributed by atoms with van der Waals surface area (Å²) in [5.41, 5.74) is 1.25. The first-order chi connectivity index (χ1) is 14.9. The number of halogens is 3. The van der Waals surface area contributed by atoms with Crippen molar-refractivity contribution < 1.29 is 22.7 Å². The van der Waals surface area contributed by atoms with Crippen molar-refractivity contribution in [2.24, 2.45) is 0 Å². The van der Waals surface area contributed by atoms with Crippen LogP contribution >= 0.6 is 0 Å². The summed E-state index contributed by atoms with van der Waals surface area (Å²) in [4.78, 5) is 14.9. The first-order valence-corrected chi connectivity index (χ1v) is 10.3. The maximum absolute atomic E-state index is 12.7. The third kappa shape index (κ3) is 6.78. The maximum atomic E-state index is 12.7. The minimum absolute atomic E-state index is 0.0354. The second kappa shape index (κ2) is 10.7. The Bertz CT molecular complexity index is 828. The van der Waals surface area contributed by atoms with Crippen LogP contribution in [0.5, 0.6) is 0 Å². The topological polar surface area (TPSA) is 53.6 Å². The number of hydrogen-bond donors (Lipinski definition) is 2. The standard InChI is InChI=1S/C23H28F3N3O2/c1-31-12-11-27-22(30)21-13-20(16-29(21)15-18-5-3-2-4-6-18)28-14-17-7-9-19(10-8-17)23(24,25)26/h2-10,20-21,28H,11-16H2,1H3,(H,27,30)/t20-,21+/m1/s1. The predicted molar refractivity (Wildman–Crippen MR) is 112 cm³/mol. The lowest BCUT2D eigenvalue weighted by Gasteiger charge is -2.23. The van der Waals surface area contributed by atoms with Crippen LogP contribution in [0.4, 0.5) is 13.2 Å². The van der Waals surface area contributed by atoms with E-state index in [-0.39, 0.29) is 18.0 Å². The molecule has 1 heterocycles. The minimum atomic E-state index is -4.33. The summed E-state index contributed by atoms with van der Waals surface area (Å²) in [5.74, 6) is -0.0354. The second-order valence-electron chi connectivity index (χ2n) is 7.72. The third-order valence-corrected chi connectivity index (χ3v) is 5.42. The van der Waals surface area contributed by atoms with Crippen molar-refractivity contribution in [1.29, 1.82) is 0 Å². The van der Waals surface area contributed by atoms with Crippen LogP contribution < -0.4 is 10.6 Å². The Hall–Kier alpha value is -2.42. The van der Waals surface area contributed by atoms with Gasteiger partial charge in [0, 0.05) is 39.3 Å². The smallest absolute Gasteiger partial charge is 0.383 e. The fourth-order valence-electron chi connectivity index (χ4n) is 3.78. The molecule has 1 saturated heterocycles. The van der Waals surface area contributed by atoms with Crippen LogP contribution in [0.2, 0.25) is 0 Å². The zero-order chi connectivity index (χ0) is 22.3. The van der Waals surface area contributed by atoms with Gasteiger partial charge in [0.1, 0.15) is 0 Å². The van der Waals surface area contributed by atoms with E-state index in [1.54, 1.807) is 7.11 Å². The molecular formula is C23H28F3N3O2. The summed E-state index contributed by atoms with van der Waals surface area (Å²) in [6.45, 7) is 2.68. The van der Waals surface area contributed by atoms with Gasteiger partial charge in [0.25, 0.3) is 0 Å². The highest BCUT2D eigenvalue weighted by Gasteiger charge is 2.36. The van der Waals surface area contributed by atoms with E-state index in [1.165, 1.54) is 12.1 Å². The molecule has 2 N–H and O–H groups in total. The Morgan fingerprint density at radius 3 is 2.45 bits per heavy atom. The number of nitrogens with one attached hydrogen (secondary N) is 2. The van der Waals surface area contributed by atoms with E-state index >= 15 is 0 Å². The molecule has 1 fully saturated rings. The van der Waals surface area contributed by atoms with Crippen LogP contribution in [0.15, 0.2) is 54.6 Å². The number of carbonyl (C=O) groups is 1. The van der Waals surface area contributed by atoms with Gasteiger partial charge in [0.15, 0.2) is 0 Å². The monoisotopic (exact) mass is 435 g/mol. The Kier molecular flexibility index (Phi) is 8.06. The molecule has 168 valence electrons. The van der Waals surface area contributed by atoms with Gasteiger partial charge in [-0.3, -0.25) is 9.69 Å². The average Bonchev–Trinajstić information content (AvgIpc) is 3.15. The van der Waals surface area contributed by atoms with Crippen molar-refractivity contribution in [1.82, 2.24) is 15.5 Å². The third-order valence-electron chi connectivity index (χ3n) is 5.42. The summed E-state index contributed by atoms with van der Waals surface area (Å²) in [6, 6.07) is 14.9. The van der Waals surface area contributed by atoms with Crippen LogP contribution in [0.25, 0.3) is 0 Å². The number of rotatable bonds is 9. The van der Waals surface area contributed by atoms with E-state index in [4.69, 9.17) is 4.74 Å². The highest BCUT2D eigenvalue weighted by atomic mass is 19.4. The lowest BCUT2D eigenvalue weighted by atomic mass is 10.1. The van der Waals surface area contributed by atoms with Crippen molar-refractivity contribution in [3.05, 3.63) is 71.3 Å². The van der Waals surface area contributed by atoms with Crippen molar-refractivity contribution in [3.8, 4) is 0 Å². The molecule has 0 aliphatic carbocycles. The molecule has 5 nitrogen and oxygen atoms in total. The number of methoxy groups -OCH3 is 1. The molecule has 0 unspecified atom stereocenters. The Balaban J connectivity index is 1.61. The molecule has 3 rings (SSSR count). The van der Waals surface area contributed by atoms with E-state index in [9.17, 15) is 18.0 Å². The quantitative estimate of drug-likeness (QED) is 0.594. The lowest BCUT2D eigenvalue weighted by molar-refractivity contribution is -0.137. The normalized spacial score (nSPS) is 19.5. The number of benzene rings is 2. The van der Waals surface area contributed by atoms with E-state index in [0.717, 1.165) is 23.3 Å². The molecule has 2 aromatic rings. The van der Waals surface area contributed by atoms with Gasteiger partial charge in [-0.15, -0.1) is 0 Å². The SMILES string of the molecule is COCCNC(=O)[C@@H]1C[C@@H](NCc2ccc(C(F)(F)F)cc2)CN1Cc1ccccc1. The summed E-state index contributed by atoms with van der Waals surface area (Å²) < 4.78 is 43.2. The van der Waals surface area contributed by atoms with Crippen LogP contribution in [-0.2, 0) is 28.8 Å². The van der Waals surface area contributed by atoms with Gasteiger partial charge in [0.2, 0.25) is 5.91 Å². The lowest BCUT2D eigenvalue weighted by Crippen LogP contribution is -2.43. The van der Waals surface area contributed by atoms with Gasteiger partial charge >= 0.3 is 6.18 Å². The van der Waals surface area contributed by atoms with Gasteiger partial charge in [-0.1, -0.05) is 42.5 Å². The molecule has 31 heavy (non-hydrogen) atoms. The Labute approximate surface area is 180 Å². The van der Waals surface area contributed by atoms with Gasteiger partial charge in [0.05, 0.1) is 18.2 Å². The summed E-state index contributed by atoms with van der Waals surface area (Å²) in [6.07, 6.45) is -3.70. The number of ether oxygens (including phenoxy) is 1. The van der Waals surface area contributed by atoms with Crippen molar-refractivity contribution in [2.75, 3.05) is 26.8 Å². The first kappa shape index (κ1) is 23.2. The van der Waals surface area contributed by atoms with Crippen molar-refractivity contribution in [3.63, 3.8) is 0 Å². The molecule has 1 aliphatic heterocycles. The summed E-state index contributed by atoms with van der Waals surface area (Å²) in [5, 5.41) is 6.31. The van der Waals surface area contributed by atoms with Crippen molar-refractivity contribution in [2.45, 2.75) is 37.8 Å². The van der Waals surface area contributed by atoms with Crippen LogP contribution in [0.1, 0.15) is 23.1 Å². The fraction of sp³-hybridized carbons (Fsp3) is 0.435. The molecule has 2 aromatic carbocycles. The zero-order valence-corrected chi connectivity index (χ0v) is 17.5. The van der Waals surface area contributed by atoms with Gasteiger partial charge in [-0.2, -0.15) is 13.2 Å². The number of alkyl halides is 3. The predicted octanol–water partition coefficient (Wildman–Crippen LogP) is 3.20. The number of amides is 1. The molecule has 0 saturated carbocycles.